The van der Waals surface area contributed by atoms with Crippen molar-refractivity contribution in [3.63, 3.8) is 0 Å². The molecule has 1 fully saturated rings. The van der Waals surface area contributed by atoms with Crippen molar-refractivity contribution >= 4 is 11.6 Å². The lowest BCUT2D eigenvalue weighted by Gasteiger charge is -2.35. The summed E-state index contributed by atoms with van der Waals surface area (Å²) in [7, 11) is 0. The zero-order valence-corrected chi connectivity index (χ0v) is 10.8. The van der Waals surface area contributed by atoms with Crippen molar-refractivity contribution in [3.8, 4) is 5.75 Å². The van der Waals surface area contributed by atoms with Crippen LogP contribution in [0, 0.1) is 6.92 Å². The summed E-state index contributed by atoms with van der Waals surface area (Å²) in [5.41, 5.74) is 2.28. The second-order valence-corrected chi connectivity index (χ2v) is 5.67. The summed E-state index contributed by atoms with van der Waals surface area (Å²) in [6.07, 6.45) is 6.12. The van der Waals surface area contributed by atoms with Gasteiger partial charge in [0.25, 0.3) is 0 Å². The van der Waals surface area contributed by atoms with Gasteiger partial charge in [0.1, 0.15) is 5.75 Å². The van der Waals surface area contributed by atoms with Gasteiger partial charge in [-0.1, -0.05) is 43.9 Å². The third-order valence-corrected chi connectivity index (χ3v) is 4.10. The van der Waals surface area contributed by atoms with Crippen molar-refractivity contribution in [3.05, 3.63) is 28.3 Å². The van der Waals surface area contributed by atoms with E-state index in [4.69, 9.17) is 11.6 Å². The normalized spacial score (nSPS) is 19.7. The van der Waals surface area contributed by atoms with E-state index in [0.717, 1.165) is 24.0 Å². The summed E-state index contributed by atoms with van der Waals surface area (Å²) in [6, 6.07) is 3.92. The summed E-state index contributed by atoms with van der Waals surface area (Å²) < 4.78 is 0. The molecule has 2 heteroatoms. The highest BCUT2D eigenvalue weighted by Gasteiger charge is 2.31. The molecule has 2 rings (SSSR count). The first-order valence-electron chi connectivity index (χ1n) is 6.02. The Bertz CT molecular complexity index is 392. The Balaban J connectivity index is 2.45. The molecular formula is C14H19ClO. The van der Waals surface area contributed by atoms with E-state index in [9.17, 15) is 5.11 Å². The fourth-order valence-corrected chi connectivity index (χ4v) is 3.07. The minimum atomic E-state index is 0.109. The van der Waals surface area contributed by atoms with E-state index in [-0.39, 0.29) is 11.2 Å². The van der Waals surface area contributed by atoms with Crippen molar-refractivity contribution in [2.45, 2.75) is 51.4 Å². The summed E-state index contributed by atoms with van der Waals surface area (Å²) >= 11 is 6.05. The molecule has 0 atom stereocenters. The van der Waals surface area contributed by atoms with Crippen molar-refractivity contribution < 1.29 is 5.11 Å². The van der Waals surface area contributed by atoms with Gasteiger partial charge >= 0.3 is 0 Å². The van der Waals surface area contributed by atoms with Crippen LogP contribution in [-0.4, -0.2) is 5.11 Å². The topological polar surface area (TPSA) is 20.2 Å². The number of hydrogen-bond donors (Lipinski definition) is 1. The van der Waals surface area contributed by atoms with Crippen LogP contribution < -0.4 is 0 Å². The number of rotatable bonds is 1. The van der Waals surface area contributed by atoms with Gasteiger partial charge in [-0.25, -0.2) is 0 Å². The van der Waals surface area contributed by atoms with Crippen LogP contribution in [0.4, 0.5) is 0 Å². The number of halogens is 1. The van der Waals surface area contributed by atoms with Crippen LogP contribution in [-0.2, 0) is 5.41 Å². The van der Waals surface area contributed by atoms with Gasteiger partial charge in [0.15, 0.2) is 0 Å². The highest BCUT2D eigenvalue weighted by molar-refractivity contribution is 6.32. The highest BCUT2D eigenvalue weighted by Crippen LogP contribution is 2.45. The molecule has 0 bridgehead atoms. The van der Waals surface area contributed by atoms with Crippen LogP contribution in [0.1, 0.15) is 50.2 Å². The SMILES string of the molecule is Cc1cc(Cl)c(O)c(C2(C)CCCCC2)c1. The molecule has 88 valence electrons. The number of aryl methyl sites for hydroxylation is 1. The fourth-order valence-electron chi connectivity index (χ4n) is 2.80. The van der Waals surface area contributed by atoms with Crippen LogP contribution in [0.5, 0.6) is 5.75 Å². The lowest BCUT2D eigenvalue weighted by atomic mass is 9.70. The Morgan fingerprint density at radius 1 is 1.19 bits per heavy atom. The highest BCUT2D eigenvalue weighted by atomic mass is 35.5. The van der Waals surface area contributed by atoms with Gasteiger partial charge in [-0.15, -0.1) is 0 Å². The standard InChI is InChI=1S/C14H19ClO/c1-10-8-11(13(16)12(15)9-10)14(2)6-4-3-5-7-14/h8-9,16H,3-7H2,1-2H3. The number of benzene rings is 1. The van der Waals surface area contributed by atoms with Crippen LogP contribution >= 0.6 is 11.6 Å². The molecular weight excluding hydrogens is 220 g/mol. The predicted octanol–water partition coefficient (Wildman–Crippen LogP) is 4.58. The summed E-state index contributed by atoms with van der Waals surface area (Å²) in [6.45, 7) is 4.28. The zero-order chi connectivity index (χ0) is 11.8. The second-order valence-electron chi connectivity index (χ2n) is 5.26. The molecule has 0 amide bonds. The monoisotopic (exact) mass is 238 g/mol. The zero-order valence-electron chi connectivity index (χ0n) is 10.0. The second kappa shape index (κ2) is 4.29. The summed E-state index contributed by atoms with van der Waals surface area (Å²) in [5.74, 6) is 0.289. The smallest absolute Gasteiger partial charge is 0.137 e. The Hall–Kier alpha value is -0.690. The molecule has 1 aliphatic rings. The molecule has 0 aliphatic heterocycles. The maximum absolute atomic E-state index is 10.1. The average molecular weight is 239 g/mol. The van der Waals surface area contributed by atoms with Gasteiger partial charge in [-0.3, -0.25) is 0 Å². The lowest BCUT2D eigenvalue weighted by molar-refractivity contribution is 0.308. The maximum Gasteiger partial charge on any atom is 0.137 e. The molecule has 0 radical (unpaired) electrons. The molecule has 1 saturated carbocycles. The van der Waals surface area contributed by atoms with Gasteiger partial charge in [0, 0.05) is 5.56 Å². The molecule has 0 unspecified atom stereocenters. The van der Waals surface area contributed by atoms with E-state index in [1.165, 1.54) is 19.3 Å². The van der Waals surface area contributed by atoms with Gasteiger partial charge in [0.05, 0.1) is 5.02 Å². The average Bonchev–Trinajstić information content (AvgIpc) is 2.24. The van der Waals surface area contributed by atoms with Gasteiger partial charge < -0.3 is 5.11 Å². The molecule has 1 aromatic carbocycles. The number of phenols is 1. The molecule has 16 heavy (non-hydrogen) atoms. The number of hydrogen-bond acceptors (Lipinski definition) is 1. The summed E-state index contributed by atoms with van der Waals surface area (Å²) in [5, 5.41) is 10.6. The maximum atomic E-state index is 10.1. The van der Waals surface area contributed by atoms with Gasteiger partial charge in [0.2, 0.25) is 0 Å². The van der Waals surface area contributed by atoms with Crippen molar-refractivity contribution in [1.29, 1.82) is 0 Å². The van der Waals surface area contributed by atoms with E-state index < -0.39 is 0 Å². The first-order chi connectivity index (χ1) is 7.53. The molecule has 0 aromatic heterocycles. The Labute approximate surface area is 102 Å². The summed E-state index contributed by atoms with van der Waals surface area (Å²) in [4.78, 5) is 0. The van der Waals surface area contributed by atoms with E-state index in [0.29, 0.717) is 5.02 Å². The van der Waals surface area contributed by atoms with E-state index in [1.807, 2.05) is 13.0 Å². The third-order valence-electron chi connectivity index (χ3n) is 3.82. The molecule has 1 aromatic rings. The fraction of sp³-hybridized carbons (Fsp3) is 0.571. The molecule has 0 heterocycles. The first kappa shape index (κ1) is 11.8. The Morgan fingerprint density at radius 2 is 1.81 bits per heavy atom. The first-order valence-corrected chi connectivity index (χ1v) is 6.40. The Morgan fingerprint density at radius 3 is 2.44 bits per heavy atom. The van der Waals surface area contributed by atoms with Crippen LogP contribution in [0.15, 0.2) is 12.1 Å². The molecule has 0 saturated heterocycles. The van der Waals surface area contributed by atoms with E-state index >= 15 is 0 Å². The molecule has 1 nitrogen and oxygen atoms in total. The molecule has 0 spiro atoms. The van der Waals surface area contributed by atoms with Crippen LogP contribution in [0.25, 0.3) is 0 Å². The number of aromatic hydroxyl groups is 1. The van der Waals surface area contributed by atoms with Gasteiger partial charge in [-0.05, 0) is 36.8 Å². The quantitative estimate of drug-likeness (QED) is 0.760. The van der Waals surface area contributed by atoms with Crippen LogP contribution in [0.3, 0.4) is 0 Å². The minimum Gasteiger partial charge on any atom is -0.506 e. The largest absolute Gasteiger partial charge is 0.506 e. The predicted molar refractivity (Wildman–Crippen MR) is 68.3 cm³/mol. The van der Waals surface area contributed by atoms with Crippen LogP contribution in [0.2, 0.25) is 5.02 Å². The number of phenolic OH excluding ortho intramolecular Hbond substituents is 1. The minimum absolute atomic E-state index is 0.109. The van der Waals surface area contributed by atoms with Crippen molar-refractivity contribution in [2.75, 3.05) is 0 Å². The molecule has 1 N–H and O–H groups in total. The Kier molecular flexibility index (Phi) is 3.16. The van der Waals surface area contributed by atoms with Crippen molar-refractivity contribution in [1.82, 2.24) is 0 Å². The molecule has 1 aliphatic carbocycles. The van der Waals surface area contributed by atoms with Crippen molar-refractivity contribution in [2.24, 2.45) is 0 Å². The third kappa shape index (κ3) is 2.06. The lowest BCUT2D eigenvalue weighted by Crippen LogP contribution is -2.25. The van der Waals surface area contributed by atoms with Gasteiger partial charge in [-0.2, -0.15) is 0 Å². The van der Waals surface area contributed by atoms with E-state index in [2.05, 4.69) is 13.0 Å². The van der Waals surface area contributed by atoms with E-state index in [1.54, 1.807) is 0 Å².